The summed E-state index contributed by atoms with van der Waals surface area (Å²) in [5, 5.41) is 0. The molecule has 29 heavy (non-hydrogen) atoms. The molecule has 0 N–H and O–H groups in total. The fraction of sp³-hybridized carbons (Fsp3) is 0.958. The summed E-state index contributed by atoms with van der Waals surface area (Å²) in [6.45, 7) is 20.5. The van der Waals surface area contributed by atoms with Crippen molar-refractivity contribution < 1.29 is 4.79 Å². The van der Waals surface area contributed by atoms with Gasteiger partial charge in [0.1, 0.15) is 0 Å². The summed E-state index contributed by atoms with van der Waals surface area (Å²) in [5.41, 5.74) is 0.415. The van der Waals surface area contributed by atoms with Gasteiger partial charge in [-0.1, -0.05) is 0 Å². The molecule has 0 aromatic carbocycles. The van der Waals surface area contributed by atoms with Gasteiger partial charge < -0.3 is 9.80 Å². The van der Waals surface area contributed by atoms with Crippen LogP contribution in [0.15, 0.2) is 0 Å². The summed E-state index contributed by atoms with van der Waals surface area (Å²) in [7, 11) is 4.48. The molecule has 0 radical (unpaired) electrons. The fourth-order valence-electron chi connectivity index (χ4n) is 6.52. The van der Waals surface area contributed by atoms with Crippen LogP contribution in [-0.4, -0.2) is 87.1 Å². The summed E-state index contributed by atoms with van der Waals surface area (Å²) in [6.07, 6.45) is 5.30. The fourth-order valence-corrected chi connectivity index (χ4v) is 6.52. The lowest BCUT2D eigenvalue weighted by Gasteiger charge is -2.58. The minimum Gasteiger partial charge on any atom is -0.321 e. The van der Waals surface area contributed by atoms with Crippen molar-refractivity contribution >= 4 is 6.03 Å². The van der Waals surface area contributed by atoms with Crippen LogP contribution in [0, 0.1) is 0 Å². The van der Waals surface area contributed by atoms with Gasteiger partial charge in [0, 0.05) is 47.3 Å². The van der Waals surface area contributed by atoms with Crippen LogP contribution >= 0.6 is 0 Å². The van der Waals surface area contributed by atoms with E-state index in [4.69, 9.17) is 0 Å². The van der Waals surface area contributed by atoms with Crippen LogP contribution in [0.2, 0.25) is 0 Å². The predicted molar refractivity (Wildman–Crippen MR) is 121 cm³/mol. The number of carbonyl (C=O) groups is 1. The van der Waals surface area contributed by atoms with E-state index >= 15 is 0 Å². The highest BCUT2D eigenvalue weighted by Crippen LogP contribution is 2.42. The van der Waals surface area contributed by atoms with E-state index in [1.165, 1.54) is 0 Å². The van der Waals surface area contributed by atoms with Gasteiger partial charge in [0.2, 0.25) is 0 Å². The van der Waals surface area contributed by atoms with Crippen LogP contribution in [-0.2, 0) is 0 Å². The van der Waals surface area contributed by atoms with Gasteiger partial charge in [-0.2, -0.15) is 0 Å². The van der Waals surface area contributed by atoms with Gasteiger partial charge in [0.05, 0.1) is 0 Å². The zero-order valence-corrected chi connectivity index (χ0v) is 20.8. The van der Waals surface area contributed by atoms with Crippen LogP contribution < -0.4 is 0 Å². The number of nitrogens with zero attached hydrogens (tertiary/aromatic N) is 4. The van der Waals surface area contributed by atoms with Gasteiger partial charge in [0.25, 0.3) is 0 Å². The number of hydrogen-bond acceptors (Lipinski definition) is 3. The van der Waals surface area contributed by atoms with Gasteiger partial charge in [-0.05, 0) is 102 Å². The maximum atomic E-state index is 13.8. The van der Waals surface area contributed by atoms with Crippen molar-refractivity contribution in [3.05, 3.63) is 0 Å². The lowest BCUT2D eigenvalue weighted by Crippen LogP contribution is -2.68. The third-order valence-corrected chi connectivity index (χ3v) is 8.74. The Morgan fingerprint density at radius 3 is 1.17 bits per heavy atom. The predicted octanol–water partition coefficient (Wildman–Crippen LogP) is 4.42. The third-order valence-electron chi connectivity index (χ3n) is 8.74. The van der Waals surface area contributed by atoms with Crippen molar-refractivity contribution in [1.29, 1.82) is 0 Å². The van der Waals surface area contributed by atoms with E-state index in [-0.39, 0.29) is 22.2 Å². The average Bonchev–Trinajstić information content (AvgIpc) is 2.56. The molecule has 3 saturated heterocycles. The number of rotatable bonds is 2. The van der Waals surface area contributed by atoms with Crippen LogP contribution in [0.3, 0.4) is 0 Å². The summed E-state index contributed by atoms with van der Waals surface area (Å²) in [4.78, 5) is 23.2. The first-order chi connectivity index (χ1) is 13.1. The second-order valence-electron chi connectivity index (χ2n) is 12.5. The average molecular weight is 407 g/mol. The monoisotopic (exact) mass is 406 g/mol. The molecule has 0 aromatic rings. The lowest BCUT2D eigenvalue weighted by molar-refractivity contribution is -0.0611. The van der Waals surface area contributed by atoms with E-state index in [0.29, 0.717) is 18.1 Å². The normalized spacial score (nSPS) is 31.3. The van der Waals surface area contributed by atoms with E-state index in [2.05, 4.69) is 89.1 Å². The third kappa shape index (κ3) is 4.06. The first-order valence-electron chi connectivity index (χ1n) is 11.6. The summed E-state index contributed by atoms with van der Waals surface area (Å²) in [5.74, 6) is 0. The van der Waals surface area contributed by atoms with E-state index in [1.54, 1.807) is 0 Å². The highest BCUT2D eigenvalue weighted by atomic mass is 16.2. The molecule has 2 amide bonds. The first kappa shape index (κ1) is 22.9. The Labute approximate surface area is 179 Å². The maximum absolute atomic E-state index is 13.8. The van der Waals surface area contributed by atoms with Crippen molar-refractivity contribution in [3.8, 4) is 0 Å². The van der Waals surface area contributed by atoms with Gasteiger partial charge >= 0.3 is 6.03 Å². The molecular formula is C24H46N4O. The summed E-state index contributed by atoms with van der Waals surface area (Å²) < 4.78 is 0. The van der Waals surface area contributed by atoms with Crippen molar-refractivity contribution in [3.63, 3.8) is 0 Å². The zero-order valence-electron chi connectivity index (χ0n) is 20.8. The van der Waals surface area contributed by atoms with Gasteiger partial charge in [0.15, 0.2) is 0 Å². The minimum atomic E-state index is 0.104. The lowest BCUT2D eigenvalue weighted by atomic mass is 9.76. The van der Waals surface area contributed by atoms with Crippen LogP contribution in [0.1, 0.15) is 87.5 Å². The van der Waals surface area contributed by atoms with Crippen LogP contribution in [0.5, 0.6) is 0 Å². The number of likely N-dealkylation sites (tertiary alicyclic amines) is 2. The second-order valence-corrected chi connectivity index (χ2v) is 12.5. The zero-order chi connectivity index (χ0) is 22.0. The molecule has 168 valence electrons. The molecular weight excluding hydrogens is 360 g/mol. The second kappa shape index (κ2) is 7.12. The Bertz CT molecular complexity index is 551. The van der Waals surface area contributed by atoms with Gasteiger partial charge in [-0.25, -0.2) is 4.79 Å². The Kier molecular flexibility index (Phi) is 5.61. The molecule has 0 saturated carbocycles. The molecule has 0 aliphatic carbocycles. The molecule has 3 aliphatic heterocycles. The first-order valence-corrected chi connectivity index (χ1v) is 11.6. The number of piperidine rings is 2. The van der Waals surface area contributed by atoms with Gasteiger partial charge in [-0.3, -0.25) is 9.80 Å². The highest BCUT2D eigenvalue weighted by molar-refractivity contribution is 5.76. The summed E-state index contributed by atoms with van der Waals surface area (Å²) >= 11 is 0. The SMILES string of the molecule is CN1C(C)(C)CC(N2CCCN(C3CC(C)(C)N(C)C(C)(C)C3)C2=O)CC1(C)C. The highest BCUT2D eigenvalue weighted by Gasteiger charge is 2.49. The molecule has 0 aromatic heterocycles. The Morgan fingerprint density at radius 2 is 0.897 bits per heavy atom. The minimum absolute atomic E-state index is 0.104. The molecule has 0 spiro atoms. The molecule has 0 atom stereocenters. The summed E-state index contributed by atoms with van der Waals surface area (Å²) in [6, 6.07) is 0.955. The molecule has 3 heterocycles. The Balaban J connectivity index is 1.81. The standard InChI is InChI=1S/C24H46N4O/c1-21(2)14-18(15-22(3,4)25(21)9)27-12-11-13-28(20(27)29)19-16-23(5,6)26(10)24(7,8)17-19/h18-19H,11-17H2,1-10H3. The van der Waals surface area contributed by atoms with Crippen molar-refractivity contribution in [2.24, 2.45) is 0 Å². The van der Waals surface area contributed by atoms with E-state index in [9.17, 15) is 4.79 Å². The van der Waals surface area contributed by atoms with E-state index in [0.717, 1.165) is 45.2 Å². The molecule has 3 rings (SSSR count). The van der Waals surface area contributed by atoms with E-state index < -0.39 is 0 Å². The van der Waals surface area contributed by atoms with Crippen molar-refractivity contribution in [1.82, 2.24) is 19.6 Å². The molecule has 0 bridgehead atoms. The largest absolute Gasteiger partial charge is 0.321 e. The van der Waals surface area contributed by atoms with Gasteiger partial charge in [-0.15, -0.1) is 0 Å². The molecule has 5 heteroatoms. The van der Waals surface area contributed by atoms with Crippen LogP contribution in [0.4, 0.5) is 4.79 Å². The number of urea groups is 1. The maximum Gasteiger partial charge on any atom is 0.320 e. The number of hydrogen-bond donors (Lipinski definition) is 0. The molecule has 0 unspecified atom stereocenters. The number of carbonyl (C=O) groups excluding carboxylic acids is 1. The Morgan fingerprint density at radius 1 is 0.621 bits per heavy atom. The Hall–Kier alpha value is -0.810. The molecule has 3 fully saturated rings. The van der Waals surface area contributed by atoms with Crippen molar-refractivity contribution in [2.45, 2.75) is 122 Å². The molecule has 3 aliphatic rings. The van der Waals surface area contributed by atoms with Crippen LogP contribution in [0.25, 0.3) is 0 Å². The topological polar surface area (TPSA) is 30.0 Å². The number of amides is 2. The van der Waals surface area contributed by atoms with E-state index in [1.807, 2.05) is 0 Å². The smallest absolute Gasteiger partial charge is 0.320 e. The van der Waals surface area contributed by atoms with Crippen molar-refractivity contribution in [2.75, 3.05) is 27.2 Å². The molecule has 5 nitrogen and oxygen atoms in total. The quantitative estimate of drug-likeness (QED) is 0.680.